The van der Waals surface area contributed by atoms with Gasteiger partial charge in [0.1, 0.15) is 11.5 Å². The van der Waals surface area contributed by atoms with Gasteiger partial charge in [0.05, 0.1) is 7.11 Å². The first-order valence-electron chi connectivity index (χ1n) is 5.30. The third kappa shape index (κ3) is 2.77. The molecule has 1 aliphatic rings. The summed E-state index contributed by atoms with van der Waals surface area (Å²) in [6.07, 6.45) is 0.211. The first kappa shape index (κ1) is 16.3. The van der Waals surface area contributed by atoms with Gasteiger partial charge in [-0.1, -0.05) is 0 Å². The summed E-state index contributed by atoms with van der Waals surface area (Å²) in [6, 6.07) is -0.737. The number of likely N-dealkylation sites (tertiary alicyclic amines) is 1. The van der Waals surface area contributed by atoms with E-state index >= 15 is 0 Å². The number of esters is 1. The van der Waals surface area contributed by atoms with Crippen molar-refractivity contribution in [1.82, 2.24) is 4.90 Å². The van der Waals surface area contributed by atoms with Gasteiger partial charge in [-0.05, 0) is 20.3 Å². The molecule has 0 aromatic rings. The average Bonchev–Trinajstić information content (AvgIpc) is 2.68. The number of carbonyl (C=O) groups excluding carboxylic acids is 2. The van der Waals surface area contributed by atoms with Crippen molar-refractivity contribution in [2.75, 3.05) is 13.7 Å². The SMILES string of the molecule is COC(=O)[C@@H](C)N1CCC(C)(C(=O)O)C1=O.NN. The zero-order valence-electron chi connectivity index (χ0n) is 10.7. The second-order valence-corrected chi connectivity index (χ2v) is 4.08. The van der Waals surface area contributed by atoms with Gasteiger partial charge in [-0.15, -0.1) is 0 Å². The van der Waals surface area contributed by atoms with Crippen molar-refractivity contribution in [3.8, 4) is 0 Å². The molecule has 0 aliphatic carbocycles. The lowest BCUT2D eigenvalue weighted by Gasteiger charge is -2.24. The molecule has 0 aromatic heterocycles. The van der Waals surface area contributed by atoms with Crippen LogP contribution in [0.4, 0.5) is 0 Å². The van der Waals surface area contributed by atoms with E-state index in [2.05, 4.69) is 16.4 Å². The number of rotatable bonds is 3. The third-order valence-electron chi connectivity index (χ3n) is 3.07. The van der Waals surface area contributed by atoms with Crippen LogP contribution in [0, 0.1) is 5.41 Å². The van der Waals surface area contributed by atoms with Gasteiger partial charge in [-0.3, -0.25) is 21.3 Å². The molecule has 1 fully saturated rings. The van der Waals surface area contributed by atoms with Crippen LogP contribution in [0.5, 0.6) is 0 Å². The molecular weight excluding hydrogens is 242 g/mol. The number of ether oxygens (including phenoxy) is 1. The van der Waals surface area contributed by atoms with Crippen molar-refractivity contribution in [1.29, 1.82) is 0 Å². The van der Waals surface area contributed by atoms with Gasteiger partial charge >= 0.3 is 11.9 Å². The Morgan fingerprint density at radius 1 is 1.50 bits per heavy atom. The lowest BCUT2D eigenvalue weighted by molar-refractivity contribution is -0.159. The fourth-order valence-corrected chi connectivity index (χ4v) is 1.74. The molecule has 1 rings (SSSR count). The summed E-state index contributed by atoms with van der Waals surface area (Å²) in [6.45, 7) is 3.16. The molecule has 8 heteroatoms. The second kappa shape index (κ2) is 6.31. The van der Waals surface area contributed by atoms with Crippen LogP contribution in [0.2, 0.25) is 0 Å². The number of hydrazine groups is 1. The number of amides is 1. The smallest absolute Gasteiger partial charge is 0.328 e. The maximum Gasteiger partial charge on any atom is 0.328 e. The maximum absolute atomic E-state index is 11.9. The molecule has 18 heavy (non-hydrogen) atoms. The number of carbonyl (C=O) groups is 3. The molecule has 8 nitrogen and oxygen atoms in total. The van der Waals surface area contributed by atoms with Crippen LogP contribution in [0.25, 0.3) is 0 Å². The molecule has 1 heterocycles. The highest BCUT2D eigenvalue weighted by Gasteiger charge is 2.51. The van der Waals surface area contributed by atoms with Crippen LogP contribution >= 0.6 is 0 Å². The summed E-state index contributed by atoms with van der Waals surface area (Å²) >= 11 is 0. The van der Waals surface area contributed by atoms with Crippen LogP contribution in [0.3, 0.4) is 0 Å². The summed E-state index contributed by atoms with van der Waals surface area (Å²) in [5.74, 6) is 5.78. The van der Waals surface area contributed by atoms with E-state index in [-0.39, 0.29) is 13.0 Å². The Balaban J connectivity index is 0.00000137. The topological polar surface area (TPSA) is 136 Å². The lowest BCUT2D eigenvalue weighted by Crippen LogP contribution is -2.45. The molecule has 0 radical (unpaired) electrons. The van der Waals surface area contributed by atoms with E-state index in [4.69, 9.17) is 5.11 Å². The van der Waals surface area contributed by atoms with Gasteiger partial charge in [-0.2, -0.15) is 0 Å². The van der Waals surface area contributed by atoms with E-state index in [0.29, 0.717) is 0 Å². The number of hydrogen-bond donors (Lipinski definition) is 3. The molecule has 0 spiro atoms. The molecule has 5 N–H and O–H groups in total. The minimum absolute atomic E-state index is 0.211. The largest absolute Gasteiger partial charge is 0.480 e. The normalized spacial score (nSPS) is 24.1. The quantitative estimate of drug-likeness (QED) is 0.248. The van der Waals surface area contributed by atoms with Crippen LogP contribution in [0.1, 0.15) is 20.3 Å². The van der Waals surface area contributed by atoms with Crippen LogP contribution in [-0.4, -0.2) is 47.5 Å². The van der Waals surface area contributed by atoms with E-state index in [1.807, 2.05) is 0 Å². The molecule has 0 bridgehead atoms. The van der Waals surface area contributed by atoms with Crippen molar-refractivity contribution in [2.45, 2.75) is 26.3 Å². The van der Waals surface area contributed by atoms with E-state index in [9.17, 15) is 14.4 Å². The Kier molecular flexibility index (Phi) is 5.73. The molecule has 104 valence electrons. The zero-order valence-corrected chi connectivity index (χ0v) is 10.7. The molecule has 1 aliphatic heterocycles. The van der Waals surface area contributed by atoms with E-state index in [0.717, 1.165) is 0 Å². The van der Waals surface area contributed by atoms with E-state index < -0.39 is 29.3 Å². The number of methoxy groups -OCH3 is 1. The van der Waals surface area contributed by atoms with Crippen molar-refractivity contribution in [2.24, 2.45) is 17.1 Å². The summed E-state index contributed by atoms with van der Waals surface area (Å²) in [5, 5.41) is 8.97. The molecule has 0 aromatic carbocycles. The van der Waals surface area contributed by atoms with Gasteiger partial charge < -0.3 is 14.7 Å². The lowest BCUT2D eigenvalue weighted by atomic mass is 9.89. The molecule has 1 unspecified atom stereocenters. The standard InChI is InChI=1S/C10H15NO5.H4N2/c1-6(7(12)16-3)11-5-4-10(2,8(11)13)9(14)15;1-2/h6H,4-5H2,1-3H3,(H,14,15);1-2H2/t6-,10?;/m1./s1. The Labute approximate surface area is 105 Å². The van der Waals surface area contributed by atoms with Crippen LogP contribution in [0.15, 0.2) is 0 Å². The first-order chi connectivity index (χ1) is 8.34. The molecule has 1 saturated heterocycles. The molecule has 2 atom stereocenters. The minimum Gasteiger partial charge on any atom is -0.480 e. The molecule has 0 saturated carbocycles. The Morgan fingerprint density at radius 3 is 2.33 bits per heavy atom. The highest BCUT2D eigenvalue weighted by Crippen LogP contribution is 2.32. The number of nitrogens with two attached hydrogens (primary N) is 2. The van der Waals surface area contributed by atoms with Gasteiger partial charge in [0.25, 0.3) is 0 Å². The fraction of sp³-hybridized carbons (Fsp3) is 0.700. The number of carboxylic acids is 1. The third-order valence-corrected chi connectivity index (χ3v) is 3.07. The van der Waals surface area contributed by atoms with Gasteiger partial charge in [0.2, 0.25) is 5.91 Å². The Bertz CT molecular complexity index is 346. The zero-order chi connectivity index (χ0) is 14.5. The summed E-state index contributed by atoms with van der Waals surface area (Å²) in [4.78, 5) is 35.4. The summed E-state index contributed by atoms with van der Waals surface area (Å²) in [5.41, 5.74) is -1.41. The number of aliphatic carboxylic acids is 1. The van der Waals surface area contributed by atoms with Crippen molar-refractivity contribution in [3.05, 3.63) is 0 Å². The monoisotopic (exact) mass is 261 g/mol. The predicted molar refractivity (Wildman–Crippen MR) is 61.9 cm³/mol. The average molecular weight is 261 g/mol. The second-order valence-electron chi connectivity index (χ2n) is 4.08. The Morgan fingerprint density at radius 2 is 2.00 bits per heavy atom. The van der Waals surface area contributed by atoms with Crippen LogP contribution < -0.4 is 11.7 Å². The number of nitrogens with zero attached hydrogens (tertiary/aromatic N) is 1. The predicted octanol–water partition coefficient (Wildman–Crippen LogP) is -1.31. The molecular formula is C10H19N3O5. The summed E-state index contributed by atoms with van der Waals surface area (Å²) in [7, 11) is 1.23. The fourth-order valence-electron chi connectivity index (χ4n) is 1.74. The van der Waals surface area contributed by atoms with E-state index in [1.165, 1.54) is 25.9 Å². The number of carboxylic acid groups (broad SMARTS) is 1. The van der Waals surface area contributed by atoms with Gasteiger partial charge in [0.15, 0.2) is 0 Å². The maximum atomic E-state index is 11.9. The Hall–Kier alpha value is -1.67. The van der Waals surface area contributed by atoms with Gasteiger partial charge in [0, 0.05) is 6.54 Å². The minimum atomic E-state index is -1.41. The van der Waals surface area contributed by atoms with Crippen LogP contribution in [-0.2, 0) is 19.1 Å². The van der Waals surface area contributed by atoms with Crippen molar-refractivity contribution >= 4 is 17.8 Å². The number of hydrogen-bond acceptors (Lipinski definition) is 6. The van der Waals surface area contributed by atoms with Crippen molar-refractivity contribution in [3.63, 3.8) is 0 Å². The summed E-state index contributed by atoms with van der Waals surface area (Å²) < 4.78 is 4.52. The highest BCUT2D eigenvalue weighted by molar-refractivity contribution is 6.04. The highest BCUT2D eigenvalue weighted by atomic mass is 16.5. The molecule has 1 amide bonds. The van der Waals surface area contributed by atoms with Crippen molar-refractivity contribution < 1.29 is 24.2 Å². The van der Waals surface area contributed by atoms with E-state index in [1.54, 1.807) is 0 Å². The van der Waals surface area contributed by atoms with Gasteiger partial charge in [-0.25, -0.2) is 4.79 Å². The first-order valence-corrected chi connectivity index (χ1v) is 5.30.